The van der Waals surface area contributed by atoms with Gasteiger partial charge >= 0.3 is 25.3 Å². The predicted molar refractivity (Wildman–Crippen MR) is 180 cm³/mol. The first-order valence-electron chi connectivity index (χ1n) is 11.8. The third kappa shape index (κ3) is 15.7. The molecule has 6 nitrogen and oxygen atoms in total. The van der Waals surface area contributed by atoms with Crippen molar-refractivity contribution in [2.75, 3.05) is 0 Å². The van der Waals surface area contributed by atoms with Gasteiger partial charge in [0.05, 0.1) is 21.2 Å². The van der Waals surface area contributed by atoms with E-state index in [1.165, 1.54) is 34.7 Å². The van der Waals surface area contributed by atoms with Crippen molar-refractivity contribution in [3.63, 3.8) is 0 Å². The molecule has 2 aromatic heterocycles. The normalized spacial score (nSPS) is 12.0. The molecule has 0 fully saturated rings. The molecule has 0 amide bonds. The van der Waals surface area contributed by atoms with Crippen LogP contribution in [0, 0.1) is 0 Å². The maximum absolute atomic E-state index is 8.50. The Bertz CT molecular complexity index is 1330. The molecule has 0 aliphatic heterocycles. The van der Waals surface area contributed by atoms with Crippen molar-refractivity contribution in [2.45, 2.75) is 25.4 Å². The molecule has 0 atom stereocenters. The number of hydrogen-bond donors (Lipinski definition) is 0. The van der Waals surface area contributed by atoms with Crippen LogP contribution >= 0.6 is 46.2 Å². The van der Waals surface area contributed by atoms with Gasteiger partial charge in [-0.15, -0.1) is 46.2 Å². The van der Waals surface area contributed by atoms with Gasteiger partial charge in [0.25, 0.3) is 0 Å². The van der Waals surface area contributed by atoms with Crippen LogP contribution in [-0.4, -0.2) is 20.2 Å². The third-order valence-electron chi connectivity index (χ3n) is 4.73. The molecule has 4 rings (SSSR count). The second-order valence-electron chi connectivity index (χ2n) is 7.67. The van der Waals surface area contributed by atoms with E-state index in [-0.39, 0.29) is 0 Å². The molecular weight excluding hydrogens is 713 g/mol. The van der Waals surface area contributed by atoms with E-state index in [4.69, 9.17) is 32.1 Å². The molecule has 0 bridgehead atoms. The second-order valence-corrected chi connectivity index (χ2v) is 13.1. The molecule has 0 radical (unpaired) electrons. The van der Waals surface area contributed by atoms with Gasteiger partial charge in [-0.05, 0) is 56.6 Å². The zero-order chi connectivity index (χ0) is 29.7. The maximum atomic E-state index is 8.50. The van der Waals surface area contributed by atoms with Crippen LogP contribution in [0.4, 0.5) is 0 Å². The minimum atomic E-state index is -2.03. The average Bonchev–Trinajstić information content (AvgIpc) is 3.74. The Morgan fingerprint density at radius 1 is 0.634 bits per heavy atom. The Morgan fingerprint density at radius 2 is 1.00 bits per heavy atom. The third-order valence-corrected chi connectivity index (χ3v) is 9.17. The summed E-state index contributed by atoms with van der Waals surface area (Å²) in [5, 5.41) is 20.6. The number of rotatable bonds is 8. The van der Waals surface area contributed by atoms with Gasteiger partial charge in [0, 0.05) is 11.5 Å². The van der Waals surface area contributed by atoms with Crippen LogP contribution in [0.2, 0.25) is 0 Å². The van der Waals surface area contributed by atoms with Crippen molar-refractivity contribution < 1.29 is 25.3 Å². The molecule has 0 aliphatic rings. The molecule has 0 saturated carbocycles. The molecule has 212 valence electrons. The Morgan fingerprint density at radius 3 is 1.32 bits per heavy atom. The minimum absolute atomic E-state index is 0.569. The van der Waals surface area contributed by atoms with Gasteiger partial charge in [-0.25, -0.2) is 0 Å². The van der Waals surface area contributed by atoms with Crippen LogP contribution in [-0.2, 0) is 62.0 Å². The van der Waals surface area contributed by atoms with Gasteiger partial charge in [0.15, 0.2) is 0 Å². The number of nitrogens with zero attached hydrogens (tertiary/aromatic N) is 4. The van der Waals surface area contributed by atoms with Gasteiger partial charge in [-0.2, -0.15) is 20.4 Å². The first-order valence-corrected chi connectivity index (χ1v) is 18.0. The van der Waals surface area contributed by atoms with Gasteiger partial charge < -0.3 is 25.3 Å². The van der Waals surface area contributed by atoms with E-state index in [0.29, 0.717) is 8.75 Å². The van der Waals surface area contributed by atoms with Crippen LogP contribution in [0.25, 0.3) is 0 Å². The zero-order valence-electron chi connectivity index (χ0n) is 22.1. The molecule has 0 aliphatic carbocycles. The summed E-state index contributed by atoms with van der Waals surface area (Å²) in [6.45, 7) is 3.89. The van der Waals surface area contributed by atoms with Crippen LogP contribution in [0.15, 0.2) is 116 Å². The summed E-state index contributed by atoms with van der Waals surface area (Å²) in [6, 6.07) is 28.5. The summed E-state index contributed by atoms with van der Waals surface area (Å²) in [5.74, 6) is 1.66. The van der Waals surface area contributed by atoms with Crippen LogP contribution in [0.5, 0.6) is 0 Å². The van der Waals surface area contributed by atoms with Crippen molar-refractivity contribution in [3.05, 3.63) is 117 Å². The Balaban J connectivity index is 0.000000262. The summed E-state index contributed by atoms with van der Waals surface area (Å²) < 4.78 is 18.1. The van der Waals surface area contributed by atoms with Gasteiger partial charge in [0.1, 0.15) is 0 Å². The van der Waals surface area contributed by atoms with Crippen LogP contribution < -0.4 is 0 Å². The first-order chi connectivity index (χ1) is 19.9. The molecule has 0 N–H and O–H groups in total. The van der Waals surface area contributed by atoms with Gasteiger partial charge in [-0.1, -0.05) is 72.8 Å². The standard InChI is InChI=1S/2C14H14N2S3.Mo.2O/c2*1-11(13-8-5-9-18-13)15-16-14(17)19-10-12-6-3-2-4-7-12;;;/h2*2-9H,10H2,1H3,(H,16,17);;;/q;;+2;;/p-2/b2*15-11+;;;. The van der Waals surface area contributed by atoms with Crippen molar-refractivity contribution in [2.24, 2.45) is 20.4 Å². The van der Waals surface area contributed by atoms with Crippen molar-refractivity contribution >= 4 is 91.6 Å². The molecule has 0 spiro atoms. The van der Waals surface area contributed by atoms with E-state index < -0.39 is 18.5 Å². The van der Waals surface area contributed by atoms with Crippen LogP contribution in [0.1, 0.15) is 34.7 Å². The summed E-state index contributed by atoms with van der Waals surface area (Å²) in [7, 11) is 0. The predicted octanol–water partition coefficient (Wildman–Crippen LogP) is 8.38. The Labute approximate surface area is 277 Å². The fourth-order valence-electron chi connectivity index (χ4n) is 2.80. The number of thiophene rings is 2. The SMILES string of the molecule is C/C(=N\N=C(/[S-])SCc1ccccc1)c1cccs1.C/C(=N\N=C(/[S-])SCc1ccccc1)c1cccs1.[O]=[Mo+2]=[O]. The molecule has 0 unspecified atom stereocenters. The van der Waals surface area contributed by atoms with E-state index in [2.05, 4.69) is 44.7 Å². The first kappa shape index (κ1) is 35.1. The molecule has 41 heavy (non-hydrogen) atoms. The zero-order valence-corrected chi connectivity index (χ0v) is 29.0. The van der Waals surface area contributed by atoms with Crippen molar-refractivity contribution in [1.82, 2.24) is 0 Å². The molecule has 4 aromatic rings. The monoisotopic (exact) mass is 740 g/mol. The number of hydrogen-bond acceptors (Lipinski definition) is 12. The van der Waals surface area contributed by atoms with E-state index in [0.717, 1.165) is 32.7 Å². The van der Waals surface area contributed by atoms with E-state index in [1.54, 1.807) is 22.7 Å². The fourth-order valence-corrected chi connectivity index (χ4v) is 5.74. The number of thioether (sulfide) groups is 2. The molecule has 0 saturated heterocycles. The summed E-state index contributed by atoms with van der Waals surface area (Å²) in [6.07, 6.45) is 0. The summed E-state index contributed by atoms with van der Waals surface area (Å²) in [5.41, 5.74) is 4.28. The van der Waals surface area contributed by atoms with E-state index in [1.807, 2.05) is 85.3 Å². The Kier molecular flexibility index (Phi) is 18.5. The molecule has 13 heteroatoms. The topological polar surface area (TPSA) is 83.6 Å². The van der Waals surface area contributed by atoms with Gasteiger partial charge in [0.2, 0.25) is 0 Å². The Hall–Kier alpha value is -2.05. The van der Waals surface area contributed by atoms with E-state index >= 15 is 0 Å². The molecular formula is C28H26MoN4O2S6. The van der Waals surface area contributed by atoms with Gasteiger partial charge in [-0.3, -0.25) is 0 Å². The van der Waals surface area contributed by atoms with E-state index in [9.17, 15) is 0 Å². The van der Waals surface area contributed by atoms with Crippen LogP contribution in [0.3, 0.4) is 0 Å². The fraction of sp³-hybridized carbons (Fsp3) is 0.143. The summed E-state index contributed by atoms with van der Waals surface area (Å²) in [4.78, 5) is 2.25. The van der Waals surface area contributed by atoms with Crippen molar-refractivity contribution in [3.8, 4) is 0 Å². The molecule has 2 aromatic carbocycles. The quantitative estimate of drug-likeness (QED) is 0.0594. The molecule has 2 heterocycles. The average molecular weight is 739 g/mol. The van der Waals surface area contributed by atoms with Crippen molar-refractivity contribution in [1.29, 1.82) is 0 Å². The summed E-state index contributed by atoms with van der Waals surface area (Å²) >= 11 is 14.7. The second kappa shape index (κ2) is 21.6. The number of benzene rings is 2.